The molecule has 2 aliphatic heterocycles. The fourth-order valence-corrected chi connectivity index (χ4v) is 1.84. The fourth-order valence-electron chi connectivity index (χ4n) is 1.84. The van der Waals surface area contributed by atoms with Gasteiger partial charge in [-0.3, -0.25) is 0 Å². The highest BCUT2D eigenvalue weighted by atomic mass is 16.7. The van der Waals surface area contributed by atoms with Gasteiger partial charge in [0.05, 0.1) is 12.7 Å². The highest BCUT2D eigenvalue weighted by Crippen LogP contribution is 2.32. The highest BCUT2D eigenvalue weighted by Gasteiger charge is 2.48. The summed E-state index contributed by atoms with van der Waals surface area (Å²) >= 11 is 0. The minimum Gasteiger partial charge on any atom is -0.388 e. The van der Waals surface area contributed by atoms with E-state index in [1.807, 2.05) is 20.8 Å². The van der Waals surface area contributed by atoms with Crippen LogP contribution in [-0.4, -0.2) is 41.9 Å². The third-order valence-electron chi connectivity index (χ3n) is 2.59. The average molecular weight is 188 g/mol. The van der Waals surface area contributed by atoms with Crippen molar-refractivity contribution in [1.82, 2.24) is 0 Å². The molecule has 2 heterocycles. The third kappa shape index (κ3) is 1.59. The monoisotopic (exact) mass is 188 g/mol. The Morgan fingerprint density at radius 3 is 2.77 bits per heavy atom. The molecular formula is C9H16O4. The van der Waals surface area contributed by atoms with Crippen molar-refractivity contribution in [3.63, 3.8) is 0 Å². The van der Waals surface area contributed by atoms with Crippen LogP contribution in [0, 0.1) is 0 Å². The number of aliphatic hydroxyl groups is 1. The molecular weight excluding hydrogens is 172 g/mol. The summed E-state index contributed by atoms with van der Waals surface area (Å²) in [6, 6.07) is 0. The van der Waals surface area contributed by atoms with Crippen LogP contribution in [0.25, 0.3) is 0 Å². The molecule has 4 atom stereocenters. The molecule has 1 unspecified atom stereocenters. The Morgan fingerprint density at radius 2 is 2.08 bits per heavy atom. The molecule has 1 N–H and O–H groups in total. The first-order valence-corrected chi connectivity index (χ1v) is 4.65. The normalized spacial score (nSPS) is 48.9. The minimum atomic E-state index is -0.602. The lowest BCUT2D eigenvalue weighted by Gasteiger charge is -2.37. The average Bonchev–Trinajstić information content (AvgIpc) is 2.29. The molecule has 0 aromatic rings. The predicted octanol–water partition coefficient (Wildman–Crippen LogP) is 0.286. The second-order valence-corrected chi connectivity index (χ2v) is 4.16. The van der Waals surface area contributed by atoms with Gasteiger partial charge in [0.2, 0.25) is 0 Å². The quantitative estimate of drug-likeness (QED) is 0.593. The van der Waals surface area contributed by atoms with E-state index < -0.39 is 11.9 Å². The molecule has 4 nitrogen and oxygen atoms in total. The molecule has 4 heteroatoms. The van der Waals surface area contributed by atoms with Gasteiger partial charge >= 0.3 is 0 Å². The van der Waals surface area contributed by atoms with E-state index in [1.54, 1.807) is 0 Å². The topological polar surface area (TPSA) is 47.9 Å². The van der Waals surface area contributed by atoms with Crippen LogP contribution in [0.15, 0.2) is 0 Å². The summed E-state index contributed by atoms with van der Waals surface area (Å²) in [6.07, 6.45) is -1.04. The number of hydrogen-bond donors (Lipinski definition) is 1. The first-order chi connectivity index (χ1) is 5.99. The first kappa shape index (κ1) is 9.40. The standard InChI is InChI=1S/C9H16O4/c1-5-7(10)8-6(12-5)4-11-9(2,3)13-8/h5-8,10H,4H2,1-3H3/t5?,6-,7+,8+/m0/s1. The van der Waals surface area contributed by atoms with Crippen molar-refractivity contribution in [3.8, 4) is 0 Å². The lowest BCUT2D eigenvalue weighted by molar-refractivity contribution is -0.300. The third-order valence-corrected chi connectivity index (χ3v) is 2.59. The van der Waals surface area contributed by atoms with Gasteiger partial charge in [-0.15, -0.1) is 0 Å². The summed E-state index contributed by atoms with van der Waals surface area (Å²) in [7, 11) is 0. The smallest absolute Gasteiger partial charge is 0.163 e. The molecule has 0 saturated carbocycles. The molecule has 2 saturated heterocycles. The molecule has 2 fully saturated rings. The largest absolute Gasteiger partial charge is 0.388 e. The molecule has 0 aromatic heterocycles. The zero-order valence-corrected chi connectivity index (χ0v) is 8.19. The van der Waals surface area contributed by atoms with Crippen LogP contribution in [0.2, 0.25) is 0 Å². The first-order valence-electron chi connectivity index (χ1n) is 4.65. The van der Waals surface area contributed by atoms with E-state index >= 15 is 0 Å². The Kier molecular flexibility index (Phi) is 2.11. The van der Waals surface area contributed by atoms with Gasteiger partial charge in [-0.25, -0.2) is 0 Å². The van der Waals surface area contributed by atoms with E-state index in [0.29, 0.717) is 6.61 Å². The summed E-state index contributed by atoms with van der Waals surface area (Å²) in [6.45, 7) is 6.04. The second-order valence-electron chi connectivity index (χ2n) is 4.16. The van der Waals surface area contributed by atoms with E-state index in [2.05, 4.69) is 0 Å². The summed E-state index contributed by atoms with van der Waals surface area (Å²) in [5.41, 5.74) is 0. The van der Waals surface area contributed by atoms with Gasteiger partial charge in [0.25, 0.3) is 0 Å². The number of aliphatic hydroxyl groups excluding tert-OH is 1. The Balaban J connectivity index is 2.09. The van der Waals surface area contributed by atoms with Crippen LogP contribution in [0.3, 0.4) is 0 Å². The maximum Gasteiger partial charge on any atom is 0.163 e. The number of rotatable bonds is 0. The molecule has 2 aliphatic rings. The van der Waals surface area contributed by atoms with Crippen LogP contribution in [0.1, 0.15) is 20.8 Å². The van der Waals surface area contributed by atoms with E-state index in [0.717, 1.165) is 0 Å². The highest BCUT2D eigenvalue weighted by molar-refractivity contribution is 4.92. The van der Waals surface area contributed by atoms with Gasteiger partial charge < -0.3 is 19.3 Å². The van der Waals surface area contributed by atoms with Crippen LogP contribution in [-0.2, 0) is 14.2 Å². The Labute approximate surface area is 77.8 Å². The Morgan fingerprint density at radius 1 is 1.38 bits per heavy atom. The van der Waals surface area contributed by atoms with Crippen molar-refractivity contribution < 1.29 is 19.3 Å². The Hall–Kier alpha value is -0.160. The summed E-state index contributed by atoms with van der Waals surface area (Å²) in [5.74, 6) is -0.602. The molecule has 0 bridgehead atoms. The summed E-state index contributed by atoms with van der Waals surface area (Å²) in [5, 5.41) is 9.72. The van der Waals surface area contributed by atoms with Crippen molar-refractivity contribution in [2.45, 2.75) is 51.0 Å². The lowest BCUT2D eigenvalue weighted by atomic mass is 10.1. The molecule has 2 rings (SSSR count). The molecule has 0 radical (unpaired) electrons. The van der Waals surface area contributed by atoms with Crippen molar-refractivity contribution in [1.29, 1.82) is 0 Å². The molecule has 0 aromatic carbocycles. The van der Waals surface area contributed by atoms with Gasteiger partial charge in [-0.2, -0.15) is 0 Å². The van der Waals surface area contributed by atoms with Gasteiger partial charge in [0.1, 0.15) is 18.3 Å². The Bertz CT molecular complexity index is 204. The molecule has 0 aliphatic carbocycles. The van der Waals surface area contributed by atoms with E-state index in [9.17, 15) is 5.11 Å². The van der Waals surface area contributed by atoms with Gasteiger partial charge in [0.15, 0.2) is 5.79 Å². The summed E-state index contributed by atoms with van der Waals surface area (Å²) in [4.78, 5) is 0. The second kappa shape index (κ2) is 2.92. The lowest BCUT2D eigenvalue weighted by Crippen LogP contribution is -2.50. The maximum absolute atomic E-state index is 9.72. The SMILES string of the molecule is CC1O[C@H]2COC(C)(C)O[C@H]2[C@@H]1O. The summed E-state index contributed by atoms with van der Waals surface area (Å²) < 4.78 is 16.5. The van der Waals surface area contributed by atoms with Crippen LogP contribution in [0.5, 0.6) is 0 Å². The molecule has 76 valence electrons. The van der Waals surface area contributed by atoms with Crippen LogP contribution < -0.4 is 0 Å². The van der Waals surface area contributed by atoms with E-state index in [4.69, 9.17) is 14.2 Å². The van der Waals surface area contributed by atoms with Crippen molar-refractivity contribution in [2.24, 2.45) is 0 Å². The van der Waals surface area contributed by atoms with Gasteiger partial charge in [-0.05, 0) is 20.8 Å². The van der Waals surface area contributed by atoms with Crippen molar-refractivity contribution in [2.75, 3.05) is 6.61 Å². The minimum absolute atomic E-state index is 0.113. The van der Waals surface area contributed by atoms with E-state index in [1.165, 1.54) is 0 Å². The van der Waals surface area contributed by atoms with Gasteiger partial charge in [-0.1, -0.05) is 0 Å². The molecule has 0 spiro atoms. The van der Waals surface area contributed by atoms with Gasteiger partial charge in [0, 0.05) is 0 Å². The van der Waals surface area contributed by atoms with Crippen LogP contribution in [0.4, 0.5) is 0 Å². The zero-order valence-electron chi connectivity index (χ0n) is 8.19. The van der Waals surface area contributed by atoms with Crippen molar-refractivity contribution in [3.05, 3.63) is 0 Å². The molecule has 13 heavy (non-hydrogen) atoms. The number of hydrogen-bond acceptors (Lipinski definition) is 4. The zero-order chi connectivity index (χ0) is 9.64. The number of ether oxygens (including phenoxy) is 3. The van der Waals surface area contributed by atoms with E-state index in [-0.39, 0.29) is 18.3 Å². The fraction of sp³-hybridized carbons (Fsp3) is 1.00. The van der Waals surface area contributed by atoms with Crippen LogP contribution >= 0.6 is 0 Å². The predicted molar refractivity (Wildman–Crippen MR) is 45.2 cm³/mol. The number of fused-ring (bicyclic) bond motifs is 1. The maximum atomic E-state index is 9.72. The van der Waals surface area contributed by atoms with Crippen molar-refractivity contribution >= 4 is 0 Å². The molecule has 0 amide bonds.